The van der Waals surface area contributed by atoms with Crippen LogP contribution in [0.1, 0.15) is 27.4 Å². The van der Waals surface area contributed by atoms with Crippen molar-refractivity contribution in [1.29, 1.82) is 0 Å². The Hall–Kier alpha value is -2.41. The zero-order chi connectivity index (χ0) is 16.3. The highest BCUT2D eigenvalue weighted by atomic mass is 35.5. The summed E-state index contributed by atoms with van der Waals surface area (Å²) in [7, 11) is 0. The fraction of sp³-hybridized carbons (Fsp3) is 0.286. The summed E-state index contributed by atoms with van der Waals surface area (Å²) in [6.45, 7) is 3.90. The van der Waals surface area contributed by atoms with E-state index in [1.807, 2.05) is 6.92 Å². The van der Waals surface area contributed by atoms with Crippen LogP contribution in [0.4, 0.5) is 5.69 Å². The maximum atomic E-state index is 12.2. The van der Waals surface area contributed by atoms with Gasteiger partial charge in [0.2, 0.25) is 0 Å². The van der Waals surface area contributed by atoms with E-state index in [4.69, 9.17) is 16.1 Å². The molecule has 1 amide bonds. The van der Waals surface area contributed by atoms with Crippen molar-refractivity contribution in [2.75, 3.05) is 6.54 Å². The number of carbonyl (C=O) groups is 1. The number of aryl methyl sites for hydroxylation is 2. The van der Waals surface area contributed by atoms with Crippen LogP contribution >= 0.6 is 11.6 Å². The van der Waals surface area contributed by atoms with E-state index >= 15 is 0 Å². The predicted octanol–water partition coefficient (Wildman–Crippen LogP) is 2.83. The monoisotopic (exact) mass is 323 g/mol. The van der Waals surface area contributed by atoms with Crippen LogP contribution in [0.3, 0.4) is 0 Å². The molecule has 0 atom stereocenters. The quantitative estimate of drug-likeness (QED) is 0.674. The first kappa shape index (κ1) is 16.0. The molecule has 0 saturated heterocycles. The van der Waals surface area contributed by atoms with Crippen molar-refractivity contribution in [3.8, 4) is 0 Å². The Balaban J connectivity index is 2.09. The molecule has 0 saturated carbocycles. The van der Waals surface area contributed by atoms with E-state index in [-0.39, 0.29) is 16.3 Å². The molecular weight excluding hydrogens is 310 g/mol. The van der Waals surface area contributed by atoms with Crippen molar-refractivity contribution in [1.82, 2.24) is 10.5 Å². The molecule has 1 N–H and O–H groups in total. The molecule has 0 aliphatic carbocycles. The number of halogens is 1. The summed E-state index contributed by atoms with van der Waals surface area (Å²) in [5, 5.41) is 17.5. The van der Waals surface area contributed by atoms with Crippen molar-refractivity contribution < 1.29 is 14.2 Å². The molecule has 0 spiro atoms. The number of rotatable bonds is 5. The topological polar surface area (TPSA) is 98.3 Å². The fourth-order valence-electron chi connectivity index (χ4n) is 2.14. The van der Waals surface area contributed by atoms with Gasteiger partial charge in [-0.1, -0.05) is 22.8 Å². The van der Waals surface area contributed by atoms with Gasteiger partial charge in [-0.15, -0.1) is 0 Å². The maximum Gasteiger partial charge on any atom is 0.283 e. The zero-order valence-electron chi connectivity index (χ0n) is 12.1. The number of amides is 1. The Bertz CT molecular complexity index is 707. The first-order valence-corrected chi connectivity index (χ1v) is 6.92. The van der Waals surface area contributed by atoms with Crippen LogP contribution in [0.15, 0.2) is 22.7 Å². The van der Waals surface area contributed by atoms with Crippen LogP contribution in [-0.4, -0.2) is 22.5 Å². The van der Waals surface area contributed by atoms with E-state index in [9.17, 15) is 14.9 Å². The molecule has 2 aromatic rings. The van der Waals surface area contributed by atoms with E-state index in [1.165, 1.54) is 18.2 Å². The van der Waals surface area contributed by atoms with Gasteiger partial charge in [-0.25, -0.2) is 0 Å². The number of hydrogen-bond acceptors (Lipinski definition) is 5. The molecule has 22 heavy (non-hydrogen) atoms. The standard InChI is InChI=1S/C14H14ClN3O4/c1-8-10(9(2)22-17-8)6-7-16-14(19)13-11(15)4-3-5-12(13)18(20)21/h3-5H,6-7H2,1-2H3,(H,16,19). The molecule has 0 radical (unpaired) electrons. The lowest BCUT2D eigenvalue weighted by atomic mass is 10.1. The molecule has 1 aromatic heterocycles. The molecule has 0 aliphatic rings. The van der Waals surface area contributed by atoms with Gasteiger partial charge in [-0.3, -0.25) is 14.9 Å². The van der Waals surface area contributed by atoms with E-state index in [2.05, 4.69) is 10.5 Å². The summed E-state index contributed by atoms with van der Waals surface area (Å²) < 4.78 is 5.03. The fourth-order valence-corrected chi connectivity index (χ4v) is 2.39. The molecule has 7 nitrogen and oxygen atoms in total. The van der Waals surface area contributed by atoms with Gasteiger partial charge >= 0.3 is 0 Å². The van der Waals surface area contributed by atoms with Gasteiger partial charge in [0.1, 0.15) is 11.3 Å². The molecular formula is C14H14ClN3O4. The highest BCUT2D eigenvalue weighted by molar-refractivity contribution is 6.34. The van der Waals surface area contributed by atoms with Crippen molar-refractivity contribution in [2.45, 2.75) is 20.3 Å². The first-order chi connectivity index (χ1) is 10.4. The van der Waals surface area contributed by atoms with E-state index in [1.54, 1.807) is 6.92 Å². The number of nitro groups is 1. The zero-order valence-corrected chi connectivity index (χ0v) is 12.8. The third-order valence-electron chi connectivity index (χ3n) is 3.26. The Morgan fingerprint density at radius 3 is 2.77 bits per heavy atom. The lowest BCUT2D eigenvalue weighted by Gasteiger charge is -2.07. The van der Waals surface area contributed by atoms with Crippen molar-refractivity contribution in [3.05, 3.63) is 55.9 Å². The lowest BCUT2D eigenvalue weighted by Crippen LogP contribution is -2.27. The van der Waals surface area contributed by atoms with Gasteiger partial charge in [0, 0.05) is 18.2 Å². The summed E-state index contributed by atoms with van der Waals surface area (Å²) in [6, 6.07) is 4.12. The number of nitro benzene ring substituents is 1. The largest absolute Gasteiger partial charge is 0.361 e. The average Bonchev–Trinajstić information content (AvgIpc) is 2.78. The number of carbonyl (C=O) groups excluding carboxylic acids is 1. The third-order valence-corrected chi connectivity index (χ3v) is 3.57. The molecule has 0 unspecified atom stereocenters. The number of nitrogens with zero attached hydrogens (tertiary/aromatic N) is 2. The highest BCUT2D eigenvalue weighted by Gasteiger charge is 2.23. The van der Waals surface area contributed by atoms with Crippen LogP contribution in [0.2, 0.25) is 5.02 Å². The molecule has 8 heteroatoms. The van der Waals surface area contributed by atoms with Gasteiger partial charge < -0.3 is 9.84 Å². The van der Waals surface area contributed by atoms with Crippen LogP contribution in [0.5, 0.6) is 0 Å². The highest BCUT2D eigenvalue weighted by Crippen LogP contribution is 2.26. The van der Waals surface area contributed by atoms with Crippen molar-refractivity contribution in [2.24, 2.45) is 0 Å². The van der Waals surface area contributed by atoms with Gasteiger partial charge in [0.15, 0.2) is 0 Å². The van der Waals surface area contributed by atoms with Gasteiger partial charge in [-0.2, -0.15) is 0 Å². The normalized spacial score (nSPS) is 10.5. The first-order valence-electron chi connectivity index (χ1n) is 6.54. The Labute approximate surface area is 131 Å². The third kappa shape index (κ3) is 3.25. The smallest absolute Gasteiger partial charge is 0.283 e. The summed E-state index contributed by atoms with van der Waals surface area (Å²) in [5.74, 6) is 0.111. The van der Waals surface area contributed by atoms with Crippen molar-refractivity contribution in [3.63, 3.8) is 0 Å². The summed E-state index contributed by atoms with van der Waals surface area (Å²) >= 11 is 5.91. The van der Waals surface area contributed by atoms with Gasteiger partial charge in [0.25, 0.3) is 11.6 Å². The molecule has 116 valence electrons. The minimum Gasteiger partial charge on any atom is -0.361 e. The molecule has 0 aliphatic heterocycles. The molecule has 2 rings (SSSR count). The summed E-state index contributed by atoms with van der Waals surface area (Å²) in [5.41, 5.74) is 1.22. The second-order valence-corrected chi connectivity index (χ2v) is 5.11. The molecule has 0 bridgehead atoms. The Kier molecular flexibility index (Phi) is 4.77. The SMILES string of the molecule is Cc1noc(C)c1CCNC(=O)c1c(Cl)cccc1[N+](=O)[O-]. The van der Waals surface area contributed by atoms with Crippen LogP contribution in [0, 0.1) is 24.0 Å². The minimum absolute atomic E-state index is 0.0454. The van der Waals surface area contributed by atoms with E-state index in [0.29, 0.717) is 18.7 Å². The molecule has 1 aromatic carbocycles. The van der Waals surface area contributed by atoms with E-state index in [0.717, 1.165) is 11.3 Å². The number of hydrogen-bond donors (Lipinski definition) is 1. The lowest BCUT2D eigenvalue weighted by molar-refractivity contribution is -0.385. The number of nitrogens with one attached hydrogen (secondary N) is 1. The minimum atomic E-state index is -0.630. The number of benzene rings is 1. The second-order valence-electron chi connectivity index (χ2n) is 4.70. The second kappa shape index (κ2) is 6.57. The predicted molar refractivity (Wildman–Crippen MR) is 80.1 cm³/mol. The number of aromatic nitrogens is 1. The van der Waals surface area contributed by atoms with Crippen LogP contribution in [0.25, 0.3) is 0 Å². The summed E-state index contributed by atoms with van der Waals surface area (Å²) in [6.07, 6.45) is 0.519. The summed E-state index contributed by atoms with van der Waals surface area (Å²) in [4.78, 5) is 22.5. The van der Waals surface area contributed by atoms with Gasteiger partial charge in [0.05, 0.1) is 15.6 Å². The molecule has 0 fully saturated rings. The van der Waals surface area contributed by atoms with E-state index < -0.39 is 10.8 Å². The van der Waals surface area contributed by atoms with Gasteiger partial charge in [-0.05, 0) is 26.3 Å². The van der Waals surface area contributed by atoms with Crippen LogP contribution < -0.4 is 5.32 Å². The molecule has 1 heterocycles. The van der Waals surface area contributed by atoms with Crippen LogP contribution in [-0.2, 0) is 6.42 Å². The maximum absolute atomic E-state index is 12.2. The van der Waals surface area contributed by atoms with Crippen molar-refractivity contribution >= 4 is 23.2 Å². The Morgan fingerprint density at radius 2 is 2.18 bits per heavy atom. The average molecular weight is 324 g/mol. The Morgan fingerprint density at radius 1 is 1.45 bits per heavy atom.